The first kappa shape index (κ1) is 15.7. The number of rotatable bonds is 5. The van der Waals surface area contributed by atoms with E-state index in [9.17, 15) is 4.79 Å². The summed E-state index contributed by atoms with van der Waals surface area (Å²) in [5.74, 6) is -0.185. The van der Waals surface area contributed by atoms with Gasteiger partial charge in [0.05, 0.1) is 30.3 Å². The van der Waals surface area contributed by atoms with Gasteiger partial charge in [-0.25, -0.2) is 9.36 Å². The molecule has 8 heteroatoms. The molecule has 3 aromatic heterocycles. The Kier molecular flexibility index (Phi) is 4.21. The van der Waals surface area contributed by atoms with E-state index in [4.69, 9.17) is 0 Å². The minimum absolute atomic E-state index is 0.185. The fourth-order valence-electron chi connectivity index (χ4n) is 2.48. The molecule has 3 heterocycles. The van der Waals surface area contributed by atoms with E-state index >= 15 is 0 Å². The third kappa shape index (κ3) is 3.34. The minimum atomic E-state index is -0.185. The van der Waals surface area contributed by atoms with Crippen LogP contribution in [0.3, 0.4) is 0 Å². The molecule has 0 bridgehead atoms. The Morgan fingerprint density at radius 1 is 1.04 bits per heavy atom. The number of benzene rings is 1. The molecule has 0 aliphatic carbocycles. The first-order valence-corrected chi connectivity index (χ1v) is 7.99. The van der Waals surface area contributed by atoms with Crippen molar-refractivity contribution >= 4 is 5.91 Å². The van der Waals surface area contributed by atoms with Crippen LogP contribution in [0.5, 0.6) is 0 Å². The van der Waals surface area contributed by atoms with Gasteiger partial charge in [0.15, 0.2) is 0 Å². The van der Waals surface area contributed by atoms with Crippen LogP contribution >= 0.6 is 0 Å². The van der Waals surface area contributed by atoms with Crippen LogP contribution in [0.4, 0.5) is 0 Å². The van der Waals surface area contributed by atoms with Crippen molar-refractivity contribution in [2.24, 2.45) is 0 Å². The Labute approximate surface area is 149 Å². The van der Waals surface area contributed by atoms with E-state index in [-0.39, 0.29) is 12.5 Å². The average Bonchev–Trinajstić information content (AvgIpc) is 3.39. The van der Waals surface area contributed by atoms with Crippen molar-refractivity contribution in [1.82, 2.24) is 35.1 Å². The van der Waals surface area contributed by atoms with Crippen molar-refractivity contribution in [3.05, 3.63) is 84.7 Å². The summed E-state index contributed by atoms with van der Waals surface area (Å²) in [7, 11) is 0. The first-order chi connectivity index (χ1) is 12.8. The van der Waals surface area contributed by atoms with Crippen LogP contribution < -0.4 is 5.32 Å². The number of aromatic nitrogens is 6. The van der Waals surface area contributed by atoms with E-state index in [0.717, 1.165) is 11.4 Å². The number of carbonyl (C=O) groups is 1. The summed E-state index contributed by atoms with van der Waals surface area (Å²) in [6.07, 6.45) is 8.67. The lowest BCUT2D eigenvalue weighted by Gasteiger charge is -2.06. The normalized spacial score (nSPS) is 10.6. The van der Waals surface area contributed by atoms with E-state index in [1.165, 1.54) is 0 Å². The van der Waals surface area contributed by atoms with Gasteiger partial charge in [0.1, 0.15) is 5.69 Å². The third-order valence-corrected chi connectivity index (χ3v) is 3.76. The van der Waals surface area contributed by atoms with Crippen molar-refractivity contribution in [3.8, 4) is 11.4 Å². The minimum Gasteiger partial charge on any atom is -0.346 e. The zero-order chi connectivity index (χ0) is 17.8. The Morgan fingerprint density at radius 2 is 1.96 bits per heavy atom. The maximum absolute atomic E-state index is 12.4. The topological polar surface area (TPSA) is 90.5 Å². The molecule has 0 unspecified atom stereocenters. The van der Waals surface area contributed by atoms with Crippen molar-refractivity contribution in [3.63, 3.8) is 0 Å². The summed E-state index contributed by atoms with van der Waals surface area (Å²) in [4.78, 5) is 16.5. The monoisotopic (exact) mass is 345 g/mol. The van der Waals surface area contributed by atoms with E-state index in [2.05, 4.69) is 25.7 Å². The Morgan fingerprint density at radius 3 is 2.77 bits per heavy atom. The number of amides is 1. The van der Waals surface area contributed by atoms with Crippen molar-refractivity contribution < 1.29 is 4.79 Å². The molecule has 0 aliphatic heterocycles. The first-order valence-electron chi connectivity index (χ1n) is 7.99. The van der Waals surface area contributed by atoms with Crippen molar-refractivity contribution in [1.29, 1.82) is 0 Å². The van der Waals surface area contributed by atoms with Crippen molar-refractivity contribution in [2.45, 2.75) is 6.54 Å². The molecule has 4 rings (SSSR count). The standard InChI is InChI=1S/C18H15N7O/c26-18(14-4-1-5-16(10-14)24-9-3-8-21-24)20-11-15-13-25(23-22-15)17-6-2-7-19-12-17/h1-10,12-13H,11H2,(H,20,26). The number of hydrogen-bond acceptors (Lipinski definition) is 5. The Bertz CT molecular complexity index is 1010. The molecule has 1 aromatic carbocycles. The Hall–Kier alpha value is -3.81. The molecule has 128 valence electrons. The number of pyridine rings is 1. The van der Waals surface area contributed by atoms with Crippen LogP contribution in [0, 0.1) is 0 Å². The summed E-state index contributed by atoms with van der Waals surface area (Å²) < 4.78 is 3.32. The molecular formula is C18H15N7O. The second kappa shape index (κ2) is 6.98. The largest absolute Gasteiger partial charge is 0.346 e. The highest BCUT2D eigenvalue weighted by atomic mass is 16.1. The molecule has 1 amide bonds. The summed E-state index contributed by atoms with van der Waals surface area (Å²) >= 11 is 0. The lowest BCUT2D eigenvalue weighted by Crippen LogP contribution is -2.23. The van der Waals surface area contributed by atoms with E-state index in [1.54, 1.807) is 46.3 Å². The predicted octanol–water partition coefficient (Wildman–Crippen LogP) is 1.78. The van der Waals surface area contributed by atoms with Gasteiger partial charge < -0.3 is 5.32 Å². The van der Waals surface area contributed by atoms with Gasteiger partial charge in [-0.2, -0.15) is 5.10 Å². The van der Waals surface area contributed by atoms with Gasteiger partial charge in [0.25, 0.3) is 5.91 Å². The summed E-state index contributed by atoms with van der Waals surface area (Å²) in [6.45, 7) is 0.283. The highest BCUT2D eigenvalue weighted by Crippen LogP contribution is 2.10. The molecule has 4 aromatic rings. The van der Waals surface area contributed by atoms with Gasteiger partial charge in [-0.3, -0.25) is 9.78 Å². The molecule has 26 heavy (non-hydrogen) atoms. The average molecular weight is 345 g/mol. The molecule has 0 radical (unpaired) electrons. The smallest absolute Gasteiger partial charge is 0.251 e. The molecule has 8 nitrogen and oxygen atoms in total. The third-order valence-electron chi connectivity index (χ3n) is 3.76. The second-order valence-corrected chi connectivity index (χ2v) is 5.55. The molecular weight excluding hydrogens is 330 g/mol. The van der Waals surface area contributed by atoms with E-state index in [1.807, 2.05) is 36.5 Å². The van der Waals surface area contributed by atoms with Gasteiger partial charge in [0.2, 0.25) is 0 Å². The van der Waals surface area contributed by atoms with Crippen LogP contribution in [0.2, 0.25) is 0 Å². The summed E-state index contributed by atoms with van der Waals surface area (Å²) in [6, 6.07) is 12.8. The molecule has 1 N–H and O–H groups in total. The zero-order valence-electron chi connectivity index (χ0n) is 13.7. The van der Waals surface area contributed by atoms with E-state index in [0.29, 0.717) is 11.3 Å². The summed E-state index contributed by atoms with van der Waals surface area (Å²) in [5, 5.41) is 15.1. The van der Waals surface area contributed by atoms with Crippen LogP contribution in [-0.4, -0.2) is 35.7 Å². The van der Waals surface area contributed by atoms with Gasteiger partial charge in [-0.05, 0) is 36.4 Å². The fraction of sp³-hybridized carbons (Fsp3) is 0.0556. The van der Waals surface area contributed by atoms with Gasteiger partial charge in [-0.15, -0.1) is 5.10 Å². The molecule has 0 saturated heterocycles. The van der Waals surface area contributed by atoms with Gasteiger partial charge in [0, 0.05) is 24.2 Å². The van der Waals surface area contributed by atoms with Crippen LogP contribution in [0.25, 0.3) is 11.4 Å². The number of nitrogens with one attached hydrogen (secondary N) is 1. The number of nitrogens with zero attached hydrogens (tertiary/aromatic N) is 6. The fourth-order valence-corrected chi connectivity index (χ4v) is 2.48. The van der Waals surface area contributed by atoms with Crippen LogP contribution in [0.1, 0.15) is 16.1 Å². The molecule has 0 aliphatic rings. The zero-order valence-corrected chi connectivity index (χ0v) is 13.7. The van der Waals surface area contributed by atoms with Crippen LogP contribution in [0.15, 0.2) is 73.4 Å². The van der Waals surface area contributed by atoms with Crippen LogP contribution in [-0.2, 0) is 6.54 Å². The Balaban J connectivity index is 1.43. The highest BCUT2D eigenvalue weighted by Gasteiger charge is 2.09. The van der Waals surface area contributed by atoms with Gasteiger partial charge in [-0.1, -0.05) is 11.3 Å². The lowest BCUT2D eigenvalue weighted by atomic mass is 10.2. The van der Waals surface area contributed by atoms with E-state index < -0.39 is 0 Å². The van der Waals surface area contributed by atoms with Gasteiger partial charge >= 0.3 is 0 Å². The molecule has 0 spiro atoms. The lowest BCUT2D eigenvalue weighted by molar-refractivity contribution is 0.0950. The molecule has 0 fully saturated rings. The number of hydrogen-bond donors (Lipinski definition) is 1. The van der Waals surface area contributed by atoms with Crippen molar-refractivity contribution in [2.75, 3.05) is 0 Å². The maximum Gasteiger partial charge on any atom is 0.251 e. The maximum atomic E-state index is 12.4. The molecule has 0 atom stereocenters. The quantitative estimate of drug-likeness (QED) is 0.595. The highest BCUT2D eigenvalue weighted by molar-refractivity contribution is 5.94. The second-order valence-electron chi connectivity index (χ2n) is 5.55. The summed E-state index contributed by atoms with van der Waals surface area (Å²) in [5.41, 5.74) is 2.85. The predicted molar refractivity (Wildman–Crippen MR) is 93.9 cm³/mol. The molecule has 0 saturated carbocycles. The SMILES string of the molecule is O=C(NCc1cn(-c2cccnc2)nn1)c1cccc(-n2cccn2)c1. The number of carbonyl (C=O) groups excluding carboxylic acids is 1.